The van der Waals surface area contributed by atoms with Crippen LogP contribution in [-0.2, 0) is 14.3 Å². The van der Waals surface area contributed by atoms with Crippen LogP contribution in [-0.4, -0.2) is 48.6 Å². The molecular formula is C27H39N3O3S. The van der Waals surface area contributed by atoms with Crippen LogP contribution in [0.1, 0.15) is 77.0 Å². The third kappa shape index (κ3) is 7.25. The molecule has 1 saturated heterocycles. The highest BCUT2D eigenvalue weighted by molar-refractivity contribution is 7.12. The van der Waals surface area contributed by atoms with Crippen molar-refractivity contribution in [2.45, 2.75) is 89.3 Å². The van der Waals surface area contributed by atoms with E-state index in [2.05, 4.69) is 44.1 Å². The Labute approximate surface area is 208 Å². The lowest BCUT2D eigenvalue weighted by Crippen LogP contribution is -2.38. The maximum absolute atomic E-state index is 10.9. The molecule has 34 heavy (non-hydrogen) atoms. The fourth-order valence-electron chi connectivity index (χ4n) is 5.34. The van der Waals surface area contributed by atoms with Crippen molar-refractivity contribution in [3.63, 3.8) is 0 Å². The van der Waals surface area contributed by atoms with Gasteiger partial charge in [-0.3, -0.25) is 4.79 Å². The highest BCUT2D eigenvalue weighted by Crippen LogP contribution is 2.28. The van der Waals surface area contributed by atoms with E-state index in [1.54, 1.807) is 16.8 Å². The molecule has 7 heteroatoms. The number of benzene rings is 1. The van der Waals surface area contributed by atoms with Gasteiger partial charge in [-0.15, -0.1) is 10.2 Å². The zero-order valence-corrected chi connectivity index (χ0v) is 21.3. The normalized spacial score (nSPS) is 20.4. The van der Waals surface area contributed by atoms with E-state index in [0.29, 0.717) is 12.2 Å². The van der Waals surface area contributed by atoms with Crippen molar-refractivity contribution in [2.24, 2.45) is 5.92 Å². The topological polar surface area (TPSA) is 64.5 Å². The number of piperidine rings is 1. The summed E-state index contributed by atoms with van der Waals surface area (Å²) in [4.78, 5) is 13.4. The maximum atomic E-state index is 10.9. The molecule has 2 saturated carbocycles. The number of anilines is 1. The Morgan fingerprint density at radius 1 is 0.882 bits per heavy atom. The summed E-state index contributed by atoms with van der Waals surface area (Å²) >= 11 is 1.58. The number of carbonyl (C=O) groups excluding carboxylic acids is 1. The van der Waals surface area contributed by atoms with E-state index in [0.717, 1.165) is 49.3 Å². The molecule has 0 spiro atoms. The van der Waals surface area contributed by atoms with Crippen molar-refractivity contribution in [2.75, 3.05) is 25.1 Å². The molecule has 0 radical (unpaired) electrons. The first kappa shape index (κ1) is 25.1. The molecule has 2 heterocycles. The number of hydrogen-bond acceptors (Lipinski definition) is 7. The van der Waals surface area contributed by atoms with Gasteiger partial charge in [0.05, 0.1) is 25.2 Å². The molecule has 186 valence electrons. The number of methoxy groups -OCH3 is 1. The van der Waals surface area contributed by atoms with Gasteiger partial charge in [-0.25, -0.2) is 0 Å². The van der Waals surface area contributed by atoms with Crippen LogP contribution in [0, 0.1) is 5.92 Å². The first-order valence-corrected chi connectivity index (χ1v) is 14.0. The number of hydrogen-bond donors (Lipinski definition) is 0. The van der Waals surface area contributed by atoms with E-state index in [4.69, 9.17) is 4.74 Å². The Kier molecular flexibility index (Phi) is 9.74. The van der Waals surface area contributed by atoms with Crippen LogP contribution >= 0.6 is 11.3 Å². The second-order valence-electron chi connectivity index (χ2n) is 9.73. The molecule has 0 atom stereocenters. The van der Waals surface area contributed by atoms with E-state index >= 15 is 0 Å². The molecular weight excluding hydrogens is 446 g/mol. The van der Waals surface area contributed by atoms with Gasteiger partial charge in [0, 0.05) is 24.3 Å². The van der Waals surface area contributed by atoms with Gasteiger partial charge in [0.25, 0.3) is 0 Å². The van der Waals surface area contributed by atoms with E-state index in [9.17, 15) is 4.79 Å². The Hall–Kier alpha value is -1.99. The molecule has 0 N–H and O–H groups in total. The number of esters is 1. The molecule has 2 aliphatic carbocycles. The predicted octanol–water partition coefficient (Wildman–Crippen LogP) is 6.26. The van der Waals surface area contributed by atoms with Gasteiger partial charge in [-0.1, -0.05) is 49.9 Å². The summed E-state index contributed by atoms with van der Waals surface area (Å²) in [7, 11) is 1.47. The third-order valence-electron chi connectivity index (χ3n) is 7.36. The van der Waals surface area contributed by atoms with Crippen molar-refractivity contribution in [1.29, 1.82) is 0 Å². The predicted molar refractivity (Wildman–Crippen MR) is 137 cm³/mol. The highest BCUT2D eigenvalue weighted by Gasteiger charge is 2.24. The minimum atomic E-state index is -0.0142. The van der Waals surface area contributed by atoms with Gasteiger partial charge in [0.15, 0.2) is 0 Å². The first-order valence-electron chi connectivity index (χ1n) is 13.1. The molecule has 3 aliphatic rings. The van der Waals surface area contributed by atoms with Crippen molar-refractivity contribution in [1.82, 2.24) is 10.2 Å². The Balaban J connectivity index is 0.000000231. The molecule has 6 nitrogen and oxygen atoms in total. The van der Waals surface area contributed by atoms with E-state index in [-0.39, 0.29) is 11.9 Å². The summed E-state index contributed by atoms with van der Waals surface area (Å²) < 4.78 is 11.0. The summed E-state index contributed by atoms with van der Waals surface area (Å²) in [6.07, 6.45) is 15.7. The van der Waals surface area contributed by atoms with Crippen molar-refractivity contribution < 1.29 is 14.3 Å². The first-order chi connectivity index (χ1) is 16.7. The van der Waals surface area contributed by atoms with E-state index < -0.39 is 0 Å². The van der Waals surface area contributed by atoms with E-state index in [1.165, 1.54) is 64.2 Å². The van der Waals surface area contributed by atoms with Crippen LogP contribution in [0.25, 0.3) is 10.6 Å². The third-order valence-corrected chi connectivity index (χ3v) is 8.10. The summed E-state index contributed by atoms with van der Waals surface area (Å²) in [5.74, 6) is 0.193. The lowest BCUT2D eigenvalue weighted by Gasteiger charge is -2.36. The summed E-state index contributed by atoms with van der Waals surface area (Å²) in [5, 5.41) is 9.03. The number of carbonyl (C=O) groups is 1. The van der Waals surface area contributed by atoms with Crippen LogP contribution in [0.5, 0.6) is 0 Å². The lowest BCUT2D eigenvalue weighted by molar-refractivity contribution is -0.146. The van der Waals surface area contributed by atoms with Crippen LogP contribution in [0.2, 0.25) is 0 Å². The monoisotopic (exact) mass is 485 g/mol. The fourth-order valence-corrected chi connectivity index (χ4v) is 5.90. The molecule has 5 rings (SSSR count). The van der Waals surface area contributed by atoms with Gasteiger partial charge in [-0.2, -0.15) is 0 Å². The molecule has 3 fully saturated rings. The lowest BCUT2D eigenvalue weighted by atomic mass is 9.89. The number of aromatic nitrogens is 2. The standard InChI is InChI=1S/C19H25N3OS.C8H14O2/c1-2-4-17(5-3-1)23-18-10-12-22(13-11-18)16-8-6-15(7-9-16)19-21-20-14-24-19;1-10-8(9)7-5-3-2-4-6-7/h6-9,14,17-18H,1-5,10-13H2;7H,2-6H2,1H3. The average Bonchev–Trinajstić information content (AvgIpc) is 3.46. The van der Waals surface area contributed by atoms with Crippen molar-refractivity contribution >= 4 is 23.0 Å². The number of rotatable bonds is 5. The summed E-state index contributed by atoms with van der Waals surface area (Å²) in [6, 6.07) is 8.72. The fraction of sp³-hybridized carbons (Fsp3) is 0.667. The molecule has 1 aliphatic heterocycles. The second-order valence-corrected chi connectivity index (χ2v) is 10.6. The zero-order chi connectivity index (χ0) is 23.6. The SMILES string of the molecule is COC(=O)C1CCCCC1.c1nnc(-c2ccc(N3CCC(OC4CCCCC4)CC3)cc2)s1. The molecule has 0 amide bonds. The molecule has 1 aromatic heterocycles. The summed E-state index contributed by atoms with van der Waals surface area (Å²) in [6.45, 7) is 2.19. The van der Waals surface area contributed by atoms with Crippen LogP contribution in [0.3, 0.4) is 0 Å². The van der Waals surface area contributed by atoms with Gasteiger partial charge in [-0.05, 0) is 62.8 Å². The van der Waals surface area contributed by atoms with Gasteiger partial charge >= 0.3 is 5.97 Å². The minimum absolute atomic E-state index is 0.0142. The van der Waals surface area contributed by atoms with Crippen LogP contribution in [0.15, 0.2) is 29.8 Å². The van der Waals surface area contributed by atoms with Gasteiger partial charge in [0.1, 0.15) is 10.5 Å². The zero-order valence-electron chi connectivity index (χ0n) is 20.5. The highest BCUT2D eigenvalue weighted by atomic mass is 32.1. The van der Waals surface area contributed by atoms with Crippen LogP contribution < -0.4 is 4.90 Å². The molecule has 2 aromatic rings. The smallest absolute Gasteiger partial charge is 0.308 e. The number of ether oxygens (including phenoxy) is 2. The minimum Gasteiger partial charge on any atom is -0.469 e. The molecule has 0 unspecified atom stereocenters. The maximum Gasteiger partial charge on any atom is 0.308 e. The molecule has 1 aromatic carbocycles. The van der Waals surface area contributed by atoms with Crippen molar-refractivity contribution in [3.8, 4) is 10.6 Å². The number of nitrogens with zero attached hydrogens (tertiary/aromatic N) is 3. The van der Waals surface area contributed by atoms with Gasteiger partial charge in [0.2, 0.25) is 0 Å². The van der Waals surface area contributed by atoms with Gasteiger partial charge < -0.3 is 14.4 Å². The largest absolute Gasteiger partial charge is 0.469 e. The quantitative estimate of drug-likeness (QED) is 0.466. The van der Waals surface area contributed by atoms with E-state index in [1.807, 2.05) is 0 Å². The summed E-state index contributed by atoms with van der Waals surface area (Å²) in [5.41, 5.74) is 4.23. The van der Waals surface area contributed by atoms with Crippen molar-refractivity contribution in [3.05, 3.63) is 29.8 Å². The Morgan fingerprint density at radius 2 is 1.50 bits per heavy atom. The second kappa shape index (κ2) is 13.2. The average molecular weight is 486 g/mol. The Morgan fingerprint density at radius 3 is 2.09 bits per heavy atom. The van der Waals surface area contributed by atoms with Crippen LogP contribution in [0.4, 0.5) is 5.69 Å². The Bertz CT molecular complexity index is 839. The molecule has 0 bridgehead atoms.